The Labute approximate surface area is 132 Å². The first-order chi connectivity index (χ1) is 10.6. The van der Waals surface area contributed by atoms with E-state index in [9.17, 15) is 9.18 Å². The SMILES string of the molecule is CN(C)C(=O)c1ccccc1Sc1c[nH]c2ccc(F)cc12. The Morgan fingerprint density at radius 3 is 2.68 bits per heavy atom. The molecule has 0 atom stereocenters. The monoisotopic (exact) mass is 314 g/mol. The number of benzene rings is 2. The number of carbonyl (C=O) groups is 1. The topological polar surface area (TPSA) is 36.1 Å². The molecule has 3 aromatic rings. The van der Waals surface area contributed by atoms with Crippen LogP contribution in [0.15, 0.2) is 58.5 Å². The van der Waals surface area contributed by atoms with Gasteiger partial charge in [-0.05, 0) is 30.3 Å². The molecule has 1 amide bonds. The van der Waals surface area contributed by atoms with Gasteiger partial charge in [0.25, 0.3) is 5.91 Å². The molecule has 112 valence electrons. The summed E-state index contributed by atoms with van der Waals surface area (Å²) in [7, 11) is 3.45. The van der Waals surface area contributed by atoms with Crippen LogP contribution in [0.25, 0.3) is 10.9 Å². The van der Waals surface area contributed by atoms with E-state index in [0.717, 1.165) is 20.7 Å². The number of fused-ring (bicyclic) bond motifs is 1. The van der Waals surface area contributed by atoms with Gasteiger partial charge in [-0.25, -0.2) is 4.39 Å². The zero-order chi connectivity index (χ0) is 15.7. The molecule has 0 bridgehead atoms. The van der Waals surface area contributed by atoms with Crippen molar-refractivity contribution >= 4 is 28.6 Å². The molecule has 0 spiro atoms. The molecule has 22 heavy (non-hydrogen) atoms. The van der Waals surface area contributed by atoms with E-state index in [0.29, 0.717) is 5.56 Å². The highest BCUT2D eigenvalue weighted by Gasteiger charge is 2.15. The molecule has 1 aromatic heterocycles. The average Bonchev–Trinajstić information content (AvgIpc) is 2.89. The van der Waals surface area contributed by atoms with Gasteiger partial charge in [-0.15, -0.1) is 0 Å². The number of nitrogens with one attached hydrogen (secondary N) is 1. The first kappa shape index (κ1) is 14.7. The lowest BCUT2D eigenvalue weighted by Gasteiger charge is -2.13. The van der Waals surface area contributed by atoms with Gasteiger partial charge < -0.3 is 9.88 Å². The molecule has 0 unspecified atom stereocenters. The Bertz CT molecular complexity index is 842. The molecule has 2 aromatic carbocycles. The van der Waals surface area contributed by atoms with Crippen LogP contribution in [0.3, 0.4) is 0 Å². The Morgan fingerprint density at radius 2 is 1.91 bits per heavy atom. The molecule has 3 nitrogen and oxygen atoms in total. The van der Waals surface area contributed by atoms with Crippen LogP contribution < -0.4 is 0 Å². The third-order valence-electron chi connectivity index (χ3n) is 3.35. The highest BCUT2D eigenvalue weighted by atomic mass is 32.2. The highest BCUT2D eigenvalue weighted by Crippen LogP contribution is 2.35. The maximum Gasteiger partial charge on any atom is 0.254 e. The fraction of sp³-hybridized carbons (Fsp3) is 0.118. The van der Waals surface area contributed by atoms with Gasteiger partial charge >= 0.3 is 0 Å². The fourth-order valence-electron chi connectivity index (χ4n) is 2.24. The van der Waals surface area contributed by atoms with Crippen LogP contribution in [0.2, 0.25) is 0 Å². The number of H-pyrrole nitrogens is 1. The summed E-state index contributed by atoms with van der Waals surface area (Å²) in [4.78, 5) is 18.7. The van der Waals surface area contributed by atoms with E-state index in [-0.39, 0.29) is 11.7 Å². The number of aromatic amines is 1. The lowest BCUT2D eigenvalue weighted by atomic mass is 10.2. The number of hydrogen-bond acceptors (Lipinski definition) is 2. The summed E-state index contributed by atoms with van der Waals surface area (Å²) in [5, 5.41) is 0.817. The van der Waals surface area contributed by atoms with Crippen molar-refractivity contribution in [3.8, 4) is 0 Å². The summed E-state index contributed by atoms with van der Waals surface area (Å²) < 4.78 is 13.5. The van der Waals surface area contributed by atoms with Crippen molar-refractivity contribution < 1.29 is 9.18 Å². The lowest BCUT2D eigenvalue weighted by Crippen LogP contribution is -2.22. The second-order valence-corrected chi connectivity index (χ2v) is 6.22. The summed E-state index contributed by atoms with van der Waals surface area (Å²) in [5.41, 5.74) is 1.52. The van der Waals surface area contributed by atoms with Crippen LogP contribution >= 0.6 is 11.8 Å². The smallest absolute Gasteiger partial charge is 0.254 e. The molecule has 3 rings (SSSR count). The van der Waals surface area contributed by atoms with E-state index in [2.05, 4.69) is 4.98 Å². The summed E-state index contributed by atoms with van der Waals surface area (Å²) in [5.74, 6) is -0.319. The molecular formula is C17H15FN2OS. The number of halogens is 1. The second-order valence-electron chi connectivity index (χ2n) is 5.14. The predicted octanol–water partition coefficient (Wildman–Crippen LogP) is 4.16. The van der Waals surface area contributed by atoms with Crippen molar-refractivity contribution in [3.63, 3.8) is 0 Å². The van der Waals surface area contributed by atoms with E-state index >= 15 is 0 Å². The first-order valence-corrected chi connectivity index (χ1v) is 7.63. The van der Waals surface area contributed by atoms with Gasteiger partial charge in [-0.2, -0.15) is 0 Å². The molecule has 0 saturated carbocycles. The third kappa shape index (κ3) is 2.72. The largest absolute Gasteiger partial charge is 0.360 e. The zero-order valence-corrected chi connectivity index (χ0v) is 13.1. The molecule has 0 saturated heterocycles. The Kier molecular flexibility index (Phi) is 3.90. The van der Waals surface area contributed by atoms with Crippen molar-refractivity contribution in [2.24, 2.45) is 0 Å². The first-order valence-electron chi connectivity index (χ1n) is 6.81. The molecular weight excluding hydrogens is 299 g/mol. The fourth-order valence-corrected chi connectivity index (χ4v) is 3.29. The molecule has 0 aliphatic rings. The van der Waals surface area contributed by atoms with Crippen LogP contribution in [-0.4, -0.2) is 29.9 Å². The Balaban J connectivity index is 2.02. The summed E-state index contributed by atoms with van der Waals surface area (Å²) in [6.07, 6.45) is 1.84. The van der Waals surface area contributed by atoms with Crippen LogP contribution in [0.1, 0.15) is 10.4 Å². The van der Waals surface area contributed by atoms with E-state index in [1.54, 1.807) is 31.1 Å². The summed E-state index contributed by atoms with van der Waals surface area (Å²) in [6.45, 7) is 0. The maximum absolute atomic E-state index is 13.5. The number of nitrogens with zero attached hydrogens (tertiary/aromatic N) is 1. The van der Waals surface area contributed by atoms with Crippen molar-refractivity contribution in [1.82, 2.24) is 9.88 Å². The minimum absolute atomic E-state index is 0.0471. The number of hydrogen-bond donors (Lipinski definition) is 1. The van der Waals surface area contributed by atoms with Gasteiger partial charge in [-0.3, -0.25) is 4.79 Å². The normalized spacial score (nSPS) is 10.9. The summed E-state index contributed by atoms with van der Waals surface area (Å²) in [6, 6.07) is 12.1. The van der Waals surface area contributed by atoms with Crippen LogP contribution in [-0.2, 0) is 0 Å². The molecule has 0 aliphatic heterocycles. The van der Waals surface area contributed by atoms with Gasteiger partial charge in [-0.1, -0.05) is 23.9 Å². The van der Waals surface area contributed by atoms with E-state index in [4.69, 9.17) is 0 Å². The number of carbonyl (C=O) groups excluding carboxylic acids is 1. The van der Waals surface area contributed by atoms with Crippen LogP contribution in [0, 0.1) is 5.82 Å². The van der Waals surface area contributed by atoms with Gasteiger partial charge in [0.2, 0.25) is 0 Å². The number of rotatable bonds is 3. The number of amides is 1. The van der Waals surface area contributed by atoms with E-state index < -0.39 is 0 Å². The van der Waals surface area contributed by atoms with E-state index in [1.807, 2.05) is 24.4 Å². The summed E-state index contributed by atoms with van der Waals surface area (Å²) >= 11 is 1.46. The molecule has 5 heteroatoms. The lowest BCUT2D eigenvalue weighted by molar-refractivity contribution is 0.0824. The predicted molar refractivity (Wildman–Crippen MR) is 86.8 cm³/mol. The van der Waals surface area contributed by atoms with Crippen LogP contribution in [0.5, 0.6) is 0 Å². The molecule has 0 fully saturated rings. The van der Waals surface area contributed by atoms with Gasteiger partial charge in [0.05, 0.1) is 5.56 Å². The Morgan fingerprint density at radius 1 is 1.14 bits per heavy atom. The minimum Gasteiger partial charge on any atom is -0.360 e. The minimum atomic E-state index is -0.272. The quantitative estimate of drug-likeness (QED) is 0.788. The van der Waals surface area contributed by atoms with Gasteiger partial charge in [0.1, 0.15) is 5.82 Å². The standard InChI is InChI=1S/C17H15FN2OS/c1-20(2)17(21)12-5-3-4-6-15(12)22-16-10-19-14-8-7-11(18)9-13(14)16/h3-10,19H,1-2H3. The molecule has 0 radical (unpaired) electrons. The van der Waals surface area contributed by atoms with E-state index in [1.165, 1.54) is 23.9 Å². The van der Waals surface area contributed by atoms with Crippen molar-refractivity contribution in [3.05, 3.63) is 60.0 Å². The van der Waals surface area contributed by atoms with Gasteiger partial charge in [0, 0.05) is 41.0 Å². The molecule has 1 N–H and O–H groups in total. The highest BCUT2D eigenvalue weighted by molar-refractivity contribution is 7.99. The van der Waals surface area contributed by atoms with Crippen molar-refractivity contribution in [2.75, 3.05) is 14.1 Å². The van der Waals surface area contributed by atoms with Gasteiger partial charge in [0.15, 0.2) is 0 Å². The molecule has 1 heterocycles. The zero-order valence-electron chi connectivity index (χ0n) is 12.3. The average molecular weight is 314 g/mol. The maximum atomic E-state index is 13.5. The van der Waals surface area contributed by atoms with Crippen molar-refractivity contribution in [1.29, 1.82) is 0 Å². The van der Waals surface area contributed by atoms with Crippen molar-refractivity contribution in [2.45, 2.75) is 9.79 Å². The Hall–Kier alpha value is -2.27. The second kappa shape index (κ2) is 5.85. The number of aromatic nitrogens is 1. The third-order valence-corrected chi connectivity index (χ3v) is 4.48. The molecule has 0 aliphatic carbocycles. The van der Waals surface area contributed by atoms with Crippen LogP contribution in [0.4, 0.5) is 4.39 Å².